The van der Waals surface area contributed by atoms with Crippen LogP contribution in [0.3, 0.4) is 0 Å². The van der Waals surface area contributed by atoms with Crippen LogP contribution >= 0.6 is 22.9 Å². The molecule has 2 aromatic rings. The van der Waals surface area contributed by atoms with Gasteiger partial charge in [0.1, 0.15) is 0 Å². The molecule has 2 heterocycles. The van der Waals surface area contributed by atoms with Crippen LogP contribution in [0.25, 0.3) is 0 Å². The van der Waals surface area contributed by atoms with Gasteiger partial charge in [-0.1, -0.05) is 0 Å². The predicted molar refractivity (Wildman–Crippen MR) is 75.0 cm³/mol. The predicted octanol–water partition coefficient (Wildman–Crippen LogP) is 2.78. The van der Waals surface area contributed by atoms with Crippen LogP contribution in [0.5, 0.6) is 6.01 Å². The van der Waals surface area contributed by atoms with Gasteiger partial charge in [-0.15, -0.1) is 11.3 Å². The number of aryl methyl sites for hydroxylation is 2. The van der Waals surface area contributed by atoms with Crippen molar-refractivity contribution in [2.45, 2.75) is 26.8 Å². The molecule has 2 aromatic heterocycles. The first-order chi connectivity index (χ1) is 8.99. The maximum atomic E-state index is 5.80. The summed E-state index contributed by atoms with van der Waals surface area (Å²) in [5.41, 5.74) is 1.01. The largest absolute Gasteiger partial charge is 0.467 e. The standard InChI is InChI=1S/C11H14ClN5OS/c1-5-8(19-7(3)13-5)6(2)14-10-15-9(12)16-11(17-10)18-4/h6H,1-4H3,(H,14,15,16,17). The SMILES string of the molecule is COc1nc(Cl)nc(NC(C)c2sc(C)nc2C)n1. The Labute approximate surface area is 120 Å². The van der Waals surface area contributed by atoms with Crippen molar-refractivity contribution < 1.29 is 4.74 Å². The van der Waals surface area contributed by atoms with Crippen molar-refractivity contribution >= 4 is 28.9 Å². The van der Waals surface area contributed by atoms with E-state index in [4.69, 9.17) is 16.3 Å². The van der Waals surface area contributed by atoms with E-state index >= 15 is 0 Å². The highest BCUT2D eigenvalue weighted by molar-refractivity contribution is 7.11. The lowest BCUT2D eigenvalue weighted by molar-refractivity contribution is 0.378. The van der Waals surface area contributed by atoms with Crippen molar-refractivity contribution in [2.24, 2.45) is 0 Å². The zero-order valence-corrected chi connectivity index (χ0v) is 12.6. The molecule has 0 bridgehead atoms. The molecule has 0 fully saturated rings. The minimum atomic E-state index is 0.0365. The summed E-state index contributed by atoms with van der Waals surface area (Å²) < 4.78 is 4.95. The topological polar surface area (TPSA) is 72.8 Å². The summed E-state index contributed by atoms with van der Waals surface area (Å²) in [7, 11) is 1.48. The van der Waals surface area contributed by atoms with Crippen LogP contribution in [0, 0.1) is 13.8 Å². The second-order valence-corrected chi connectivity index (χ2v) is 5.54. The summed E-state index contributed by atoms with van der Waals surface area (Å²) in [6.45, 7) is 5.98. The van der Waals surface area contributed by atoms with E-state index in [2.05, 4.69) is 25.3 Å². The van der Waals surface area contributed by atoms with Gasteiger partial charge in [-0.3, -0.25) is 0 Å². The Balaban J connectivity index is 2.21. The second-order valence-electron chi connectivity index (χ2n) is 3.96. The van der Waals surface area contributed by atoms with Gasteiger partial charge < -0.3 is 10.1 Å². The lowest BCUT2D eigenvalue weighted by Crippen LogP contribution is -2.10. The molecule has 0 saturated carbocycles. The van der Waals surface area contributed by atoms with Gasteiger partial charge in [0.25, 0.3) is 0 Å². The molecule has 6 nitrogen and oxygen atoms in total. The first-order valence-corrected chi connectivity index (χ1v) is 6.85. The third-order valence-electron chi connectivity index (χ3n) is 2.45. The number of rotatable bonds is 4. The number of anilines is 1. The average molecular weight is 300 g/mol. The molecule has 0 aromatic carbocycles. The Hall–Kier alpha value is -1.47. The number of aromatic nitrogens is 4. The fraction of sp³-hybridized carbons (Fsp3) is 0.455. The molecule has 0 amide bonds. The van der Waals surface area contributed by atoms with E-state index in [0.29, 0.717) is 5.95 Å². The number of ether oxygens (including phenoxy) is 1. The first kappa shape index (κ1) is 14.0. The van der Waals surface area contributed by atoms with Crippen LogP contribution in [0.2, 0.25) is 5.28 Å². The summed E-state index contributed by atoms with van der Waals surface area (Å²) in [5, 5.41) is 4.30. The molecule has 0 saturated heterocycles. The van der Waals surface area contributed by atoms with Gasteiger partial charge in [-0.2, -0.15) is 15.0 Å². The van der Waals surface area contributed by atoms with Crippen LogP contribution < -0.4 is 10.1 Å². The van der Waals surface area contributed by atoms with Crippen LogP contribution in [0.4, 0.5) is 5.95 Å². The molecule has 102 valence electrons. The number of hydrogen-bond donors (Lipinski definition) is 1. The Morgan fingerprint density at radius 3 is 2.53 bits per heavy atom. The van der Waals surface area contributed by atoms with Crippen molar-refractivity contribution in [2.75, 3.05) is 12.4 Å². The lowest BCUT2D eigenvalue weighted by atomic mass is 10.2. The molecular weight excluding hydrogens is 286 g/mol. The van der Waals surface area contributed by atoms with Gasteiger partial charge in [0, 0.05) is 4.88 Å². The molecule has 19 heavy (non-hydrogen) atoms. The maximum Gasteiger partial charge on any atom is 0.322 e. The number of methoxy groups -OCH3 is 1. The molecule has 0 spiro atoms. The highest BCUT2D eigenvalue weighted by atomic mass is 35.5. The third-order valence-corrected chi connectivity index (χ3v) is 3.87. The molecular formula is C11H14ClN5OS. The molecule has 0 radical (unpaired) electrons. The van der Waals surface area contributed by atoms with Gasteiger partial charge in [0.15, 0.2) is 0 Å². The maximum absolute atomic E-state index is 5.80. The number of nitrogens with one attached hydrogen (secondary N) is 1. The number of halogens is 1. The molecule has 1 atom stereocenters. The zero-order valence-electron chi connectivity index (χ0n) is 11.1. The van der Waals surface area contributed by atoms with E-state index in [-0.39, 0.29) is 17.3 Å². The van der Waals surface area contributed by atoms with Gasteiger partial charge in [0.05, 0.1) is 23.9 Å². The lowest BCUT2D eigenvalue weighted by Gasteiger charge is -2.13. The molecule has 1 unspecified atom stereocenters. The summed E-state index contributed by atoms with van der Waals surface area (Å²) in [6.07, 6.45) is 0. The Morgan fingerprint density at radius 1 is 1.21 bits per heavy atom. The molecule has 2 rings (SSSR count). The first-order valence-electron chi connectivity index (χ1n) is 5.65. The van der Waals surface area contributed by atoms with Gasteiger partial charge in [0.2, 0.25) is 11.2 Å². The van der Waals surface area contributed by atoms with Gasteiger partial charge >= 0.3 is 6.01 Å². The number of hydrogen-bond acceptors (Lipinski definition) is 7. The summed E-state index contributed by atoms with van der Waals surface area (Å²) in [5.74, 6) is 0.384. The van der Waals surface area contributed by atoms with Gasteiger partial charge in [-0.25, -0.2) is 4.98 Å². The Bertz CT molecular complexity index is 588. The second kappa shape index (κ2) is 5.66. The van der Waals surface area contributed by atoms with Crippen molar-refractivity contribution in [3.05, 3.63) is 20.9 Å². The zero-order chi connectivity index (χ0) is 14.0. The van der Waals surface area contributed by atoms with Crippen molar-refractivity contribution in [1.82, 2.24) is 19.9 Å². The van der Waals surface area contributed by atoms with Crippen LogP contribution in [0.15, 0.2) is 0 Å². The molecule has 0 aliphatic heterocycles. The molecule has 0 aliphatic rings. The number of thiazole rings is 1. The van der Waals surface area contributed by atoms with Crippen molar-refractivity contribution in [1.29, 1.82) is 0 Å². The average Bonchev–Trinajstić information content (AvgIpc) is 2.67. The number of nitrogens with zero attached hydrogens (tertiary/aromatic N) is 4. The summed E-state index contributed by atoms with van der Waals surface area (Å²) >= 11 is 7.45. The van der Waals surface area contributed by atoms with Crippen molar-refractivity contribution in [3.8, 4) is 6.01 Å². The van der Waals surface area contributed by atoms with Crippen LogP contribution in [-0.2, 0) is 0 Å². The normalized spacial score (nSPS) is 12.3. The van der Waals surface area contributed by atoms with E-state index in [0.717, 1.165) is 15.6 Å². The minimum Gasteiger partial charge on any atom is -0.467 e. The highest BCUT2D eigenvalue weighted by Gasteiger charge is 2.15. The molecule has 8 heteroatoms. The smallest absolute Gasteiger partial charge is 0.322 e. The minimum absolute atomic E-state index is 0.0365. The summed E-state index contributed by atoms with van der Waals surface area (Å²) in [4.78, 5) is 17.5. The molecule has 0 aliphatic carbocycles. The monoisotopic (exact) mass is 299 g/mol. The van der Waals surface area contributed by atoms with E-state index in [1.54, 1.807) is 11.3 Å². The van der Waals surface area contributed by atoms with E-state index < -0.39 is 0 Å². The van der Waals surface area contributed by atoms with E-state index in [1.807, 2.05) is 20.8 Å². The molecule has 1 N–H and O–H groups in total. The highest BCUT2D eigenvalue weighted by Crippen LogP contribution is 2.27. The fourth-order valence-corrected chi connectivity index (χ4v) is 2.78. The Morgan fingerprint density at radius 2 is 1.95 bits per heavy atom. The fourth-order valence-electron chi connectivity index (χ4n) is 1.70. The quantitative estimate of drug-likeness (QED) is 0.936. The third kappa shape index (κ3) is 3.30. The van der Waals surface area contributed by atoms with Crippen molar-refractivity contribution in [3.63, 3.8) is 0 Å². The summed E-state index contributed by atoms with van der Waals surface area (Å²) in [6, 6.07) is 0.223. The van der Waals surface area contributed by atoms with E-state index in [1.165, 1.54) is 7.11 Å². The van der Waals surface area contributed by atoms with Crippen LogP contribution in [0.1, 0.15) is 28.5 Å². The van der Waals surface area contributed by atoms with E-state index in [9.17, 15) is 0 Å². The van der Waals surface area contributed by atoms with Crippen LogP contribution in [-0.4, -0.2) is 27.0 Å². The Kier molecular flexibility index (Phi) is 4.16. The van der Waals surface area contributed by atoms with Gasteiger partial charge in [-0.05, 0) is 32.4 Å².